The Balaban J connectivity index is 1.89. The zero-order valence-corrected chi connectivity index (χ0v) is 15.5. The van der Waals surface area contributed by atoms with Crippen molar-refractivity contribution in [1.29, 1.82) is 0 Å². The van der Waals surface area contributed by atoms with Crippen molar-refractivity contribution in [3.8, 4) is 11.4 Å². The maximum atomic E-state index is 14.3. The third-order valence-corrected chi connectivity index (χ3v) is 5.05. The SMILES string of the molecule is CN1CCN(c2nc(-c3ccccc3F)nc3ccc(Br)cc23)CC1. The molecule has 4 rings (SSSR count). The molecule has 0 spiro atoms. The minimum absolute atomic E-state index is 0.303. The van der Waals surface area contributed by atoms with E-state index in [0.29, 0.717) is 11.4 Å². The molecule has 25 heavy (non-hydrogen) atoms. The van der Waals surface area contributed by atoms with E-state index in [-0.39, 0.29) is 5.82 Å². The van der Waals surface area contributed by atoms with Gasteiger partial charge < -0.3 is 9.80 Å². The molecule has 1 fully saturated rings. The van der Waals surface area contributed by atoms with Crippen LogP contribution in [-0.2, 0) is 0 Å². The Labute approximate surface area is 154 Å². The van der Waals surface area contributed by atoms with Crippen molar-refractivity contribution in [3.05, 3.63) is 52.8 Å². The van der Waals surface area contributed by atoms with Crippen LogP contribution in [0.25, 0.3) is 22.3 Å². The monoisotopic (exact) mass is 400 g/mol. The van der Waals surface area contributed by atoms with Gasteiger partial charge in [-0.3, -0.25) is 0 Å². The van der Waals surface area contributed by atoms with E-state index in [2.05, 4.69) is 37.8 Å². The van der Waals surface area contributed by atoms with Gasteiger partial charge >= 0.3 is 0 Å². The van der Waals surface area contributed by atoms with Crippen molar-refractivity contribution in [2.75, 3.05) is 38.1 Å². The largest absolute Gasteiger partial charge is 0.353 e. The van der Waals surface area contributed by atoms with Crippen LogP contribution < -0.4 is 4.90 Å². The molecular formula is C19H18BrFN4. The topological polar surface area (TPSA) is 32.3 Å². The van der Waals surface area contributed by atoms with Crippen LogP contribution in [0.5, 0.6) is 0 Å². The molecule has 128 valence electrons. The Morgan fingerprint density at radius 1 is 1.00 bits per heavy atom. The quantitative estimate of drug-likeness (QED) is 0.651. The maximum Gasteiger partial charge on any atom is 0.165 e. The number of nitrogens with zero attached hydrogens (tertiary/aromatic N) is 4. The Bertz CT molecular complexity index is 922. The van der Waals surface area contributed by atoms with Gasteiger partial charge in [-0.25, -0.2) is 14.4 Å². The third-order valence-electron chi connectivity index (χ3n) is 4.56. The van der Waals surface area contributed by atoms with Crippen molar-refractivity contribution in [2.45, 2.75) is 0 Å². The fourth-order valence-electron chi connectivity index (χ4n) is 3.11. The molecule has 0 aliphatic carbocycles. The molecule has 4 nitrogen and oxygen atoms in total. The minimum atomic E-state index is -0.303. The van der Waals surface area contributed by atoms with Gasteiger partial charge in [0.1, 0.15) is 11.6 Å². The molecule has 0 bridgehead atoms. The van der Waals surface area contributed by atoms with Gasteiger partial charge in [0, 0.05) is 36.0 Å². The van der Waals surface area contributed by atoms with Gasteiger partial charge in [0.15, 0.2) is 5.82 Å². The Morgan fingerprint density at radius 3 is 2.52 bits per heavy atom. The highest BCUT2D eigenvalue weighted by Gasteiger charge is 2.20. The number of aromatic nitrogens is 2. The zero-order valence-electron chi connectivity index (χ0n) is 13.9. The summed E-state index contributed by atoms with van der Waals surface area (Å²) in [5.41, 5.74) is 1.26. The van der Waals surface area contributed by atoms with Crippen LogP contribution in [-0.4, -0.2) is 48.1 Å². The Morgan fingerprint density at radius 2 is 1.76 bits per heavy atom. The molecule has 1 saturated heterocycles. The second-order valence-electron chi connectivity index (χ2n) is 6.30. The van der Waals surface area contributed by atoms with E-state index in [1.165, 1.54) is 6.07 Å². The number of hydrogen-bond acceptors (Lipinski definition) is 4. The van der Waals surface area contributed by atoms with Crippen molar-refractivity contribution in [3.63, 3.8) is 0 Å². The number of hydrogen-bond donors (Lipinski definition) is 0. The van der Waals surface area contributed by atoms with E-state index >= 15 is 0 Å². The van der Waals surface area contributed by atoms with Gasteiger partial charge in [-0.15, -0.1) is 0 Å². The molecular weight excluding hydrogens is 383 g/mol. The molecule has 1 aliphatic heterocycles. The van der Waals surface area contributed by atoms with Gasteiger partial charge in [0.2, 0.25) is 0 Å². The highest BCUT2D eigenvalue weighted by Crippen LogP contribution is 2.31. The summed E-state index contributed by atoms with van der Waals surface area (Å²) < 4.78 is 15.2. The smallest absolute Gasteiger partial charge is 0.165 e. The molecule has 1 aromatic heterocycles. The lowest BCUT2D eigenvalue weighted by atomic mass is 10.1. The fraction of sp³-hybridized carbons (Fsp3) is 0.263. The number of anilines is 1. The van der Waals surface area contributed by atoms with Crippen molar-refractivity contribution < 1.29 is 4.39 Å². The summed E-state index contributed by atoms with van der Waals surface area (Å²) in [6.07, 6.45) is 0. The van der Waals surface area contributed by atoms with Gasteiger partial charge in [-0.2, -0.15) is 0 Å². The zero-order chi connectivity index (χ0) is 17.4. The van der Waals surface area contributed by atoms with E-state index in [0.717, 1.165) is 47.4 Å². The van der Waals surface area contributed by atoms with Gasteiger partial charge in [0.05, 0.1) is 11.1 Å². The summed E-state index contributed by atoms with van der Waals surface area (Å²) in [7, 11) is 2.12. The normalized spacial score (nSPS) is 15.7. The molecule has 0 atom stereocenters. The molecule has 0 N–H and O–H groups in total. The first-order valence-corrected chi connectivity index (χ1v) is 9.07. The fourth-order valence-corrected chi connectivity index (χ4v) is 3.47. The minimum Gasteiger partial charge on any atom is -0.353 e. The lowest BCUT2D eigenvalue weighted by Crippen LogP contribution is -2.45. The Kier molecular flexibility index (Phi) is 4.39. The first-order valence-electron chi connectivity index (χ1n) is 8.27. The number of rotatable bonds is 2. The summed E-state index contributed by atoms with van der Waals surface area (Å²) in [4.78, 5) is 13.9. The molecule has 0 radical (unpaired) electrons. The predicted molar refractivity (Wildman–Crippen MR) is 102 cm³/mol. The summed E-state index contributed by atoms with van der Waals surface area (Å²) >= 11 is 3.53. The van der Waals surface area contributed by atoms with E-state index in [9.17, 15) is 4.39 Å². The van der Waals surface area contributed by atoms with Crippen LogP contribution in [0.15, 0.2) is 46.9 Å². The van der Waals surface area contributed by atoms with E-state index < -0.39 is 0 Å². The second kappa shape index (κ2) is 6.69. The number of benzene rings is 2. The van der Waals surface area contributed by atoms with E-state index in [1.807, 2.05) is 24.3 Å². The van der Waals surface area contributed by atoms with Crippen molar-refractivity contribution in [1.82, 2.24) is 14.9 Å². The van der Waals surface area contributed by atoms with E-state index in [4.69, 9.17) is 4.98 Å². The van der Waals surface area contributed by atoms with Crippen molar-refractivity contribution in [2.24, 2.45) is 0 Å². The summed E-state index contributed by atoms with van der Waals surface area (Å²) in [6, 6.07) is 12.6. The van der Waals surface area contributed by atoms with Crippen LogP contribution in [0.2, 0.25) is 0 Å². The van der Waals surface area contributed by atoms with Gasteiger partial charge in [-0.1, -0.05) is 28.1 Å². The number of fused-ring (bicyclic) bond motifs is 1. The number of halogens is 2. The molecule has 6 heteroatoms. The third kappa shape index (κ3) is 3.24. The van der Waals surface area contributed by atoms with Crippen molar-refractivity contribution >= 4 is 32.7 Å². The second-order valence-corrected chi connectivity index (χ2v) is 7.22. The van der Waals surface area contributed by atoms with Crippen LogP contribution in [0.1, 0.15) is 0 Å². The van der Waals surface area contributed by atoms with E-state index in [1.54, 1.807) is 12.1 Å². The lowest BCUT2D eigenvalue weighted by molar-refractivity contribution is 0.312. The summed E-state index contributed by atoms with van der Waals surface area (Å²) in [6.45, 7) is 3.75. The summed E-state index contributed by atoms with van der Waals surface area (Å²) in [5, 5.41) is 0.985. The number of likely N-dealkylation sites (N-methyl/N-ethyl adjacent to an activating group) is 1. The first-order chi connectivity index (χ1) is 12.1. The standard InChI is InChI=1S/C19H18BrFN4/c1-24-8-10-25(11-9-24)19-15-12-13(20)6-7-17(15)22-18(23-19)14-4-2-3-5-16(14)21/h2-7,12H,8-11H2,1H3. The molecule has 0 amide bonds. The first kappa shape index (κ1) is 16.4. The molecule has 1 aliphatic rings. The molecule has 2 heterocycles. The Hall–Kier alpha value is -2.05. The average Bonchev–Trinajstić information content (AvgIpc) is 2.62. The van der Waals surface area contributed by atoms with Crippen LogP contribution in [0.4, 0.5) is 10.2 Å². The molecule has 3 aromatic rings. The molecule has 2 aromatic carbocycles. The van der Waals surface area contributed by atoms with Crippen LogP contribution in [0.3, 0.4) is 0 Å². The summed E-state index contributed by atoms with van der Waals surface area (Å²) in [5.74, 6) is 1.00. The molecule has 0 unspecified atom stereocenters. The van der Waals surface area contributed by atoms with Crippen LogP contribution >= 0.6 is 15.9 Å². The predicted octanol–water partition coefficient (Wildman–Crippen LogP) is 3.95. The average molecular weight is 401 g/mol. The van der Waals surface area contributed by atoms with Gasteiger partial charge in [-0.05, 0) is 37.4 Å². The lowest BCUT2D eigenvalue weighted by Gasteiger charge is -2.34. The van der Waals surface area contributed by atoms with Gasteiger partial charge in [0.25, 0.3) is 0 Å². The highest BCUT2D eigenvalue weighted by molar-refractivity contribution is 9.10. The highest BCUT2D eigenvalue weighted by atomic mass is 79.9. The van der Waals surface area contributed by atoms with Crippen LogP contribution in [0, 0.1) is 5.82 Å². The maximum absolute atomic E-state index is 14.3. The number of piperazine rings is 1. The molecule has 0 saturated carbocycles.